The van der Waals surface area contributed by atoms with Crippen LogP contribution in [0.4, 0.5) is 4.79 Å². The van der Waals surface area contributed by atoms with Crippen LogP contribution in [0.5, 0.6) is 0 Å². The second kappa shape index (κ2) is 9.68. The molecule has 0 N–H and O–H groups in total. The van der Waals surface area contributed by atoms with Crippen molar-refractivity contribution >= 4 is 23.0 Å². The summed E-state index contributed by atoms with van der Waals surface area (Å²) in [4.78, 5) is 37.3. The predicted molar refractivity (Wildman–Crippen MR) is 143 cm³/mol. The molecule has 1 aliphatic heterocycles. The highest BCUT2D eigenvalue weighted by Crippen LogP contribution is 2.46. The van der Waals surface area contributed by atoms with Crippen molar-refractivity contribution in [1.29, 1.82) is 0 Å². The first kappa shape index (κ1) is 27.6. The predicted octanol–water partition coefficient (Wildman–Crippen LogP) is 6.02. The van der Waals surface area contributed by atoms with E-state index in [0.717, 1.165) is 42.5 Å². The van der Waals surface area contributed by atoms with Gasteiger partial charge in [-0.3, -0.25) is 14.7 Å². The molecule has 2 fully saturated rings. The van der Waals surface area contributed by atoms with Gasteiger partial charge in [-0.05, 0) is 78.2 Å². The maximum Gasteiger partial charge on any atom is 0.412 e. The van der Waals surface area contributed by atoms with Gasteiger partial charge in [-0.15, -0.1) is 0 Å². The number of nitrogens with zero attached hydrogens (tertiary/aromatic N) is 4. The van der Waals surface area contributed by atoms with Crippen LogP contribution in [0.1, 0.15) is 104 Å². The Kier molecular flexibility index (Phi) is 7.21. The van der Waals surface area contributed by atoms with Crippen LogP contribution in [0.15, 0.2) is 12.3 Å². The number of ketones is 1. The standard InChI is InChI=1S/C29H44N4O4/c1-27(2,3)24-15-20-25(32(24)9)31-21(16-30-20)23(34)12-10-11-19(18-13-14-18)22-17-36-29(7,8)33(22)26(35)37-28(4,5)6/h15-16,18-19,22H,10-14,17H2,1-9H3/t19-,22-/m0/s1. The summed E-state index contributed by atoms with van der Waals surface area (Å²) in [5.74, 6) is 0.838. The van der Waals surface area contributed by atoms with Crippen LogP contribution in [0.3, 0.4) is 0 Å². The maximum absolute atomic E-state index is 13.2. The van der Waals surface area contributed by atoms with Gasteiger partial charge in [0.2, 0.25) is 0 Å². The molecule has 1 saturated heterocycles. The molecule has 3 heterocycles. The Bertz CT molecular complexity index is 1170. The number of carbonyl (C=O) groups is 2. The van der Waals surface area contributed by atoms with Crippen molar-refractivity contribution in [3.63, 3.8) is 0 Å². The SMILES string of the molecule is Cn1c(C(C)(C)C)cc2ncc(C(=O)CCC[C@@H](C3CC3)[C@@H]3COC(C)(C)N3C(=O)OC(C)(C)C)nc21. The Morgan fingerprint density at radius 1 is 1.19 bits per heavy atom. The lowest BCUT2D eigenvalue weighted by Crippen LogP contribution is -2.52. The van der Waals surface area contributed by atoms with Crippen molar-refractivity contribution in [2.75, 3.05) is 6.61 Å². The van der Waals surface area contributed by atoms with E-state index in [1.165, 1.54) is 0 Å². The van der Waals surface area contributed by atoms with Crippen LogP contribution in [0, 0.1) is 11.8 Å². The molecule has 4 rings (SSSR count). The molecular formula is C29H44N4O4. The van der Waals surface area contributed by atoms with Gasteiger partial charge < -0.3 is 14.0 Å². The van der Waals surface area contributed by atoms with Crippen molar-refractivity contribution in [2.45, 2.75) is 110 Å². The highest BCUT2D eigenvalue weighted by Gasteiger charge is 2.51. The third-order valence-corrected chi connectivity index (χ3v) is 7.56. The Balaban J connectivity index is 1.44. The smallest absolute Gasteiger partial charge is 0.412 e. The molecule has 204 valence electrons. The maximum atomic E-state index is 13.2. The molecule has 2 aliphatic rings. The molecule has 8 heteroatoms. The fraction of sp³-hybridized carbons (Fsp3) is 0.724. The van der Waals surface area contributed by atoms with Crippen molar-refractivity contribution in [1.82, 2.24) is 19.4 Å². The van der Waals surface area contributed by atoms with Crippen LogP contribution < -0.4 is 0 Å². The Labute approximate surface area is 221 Å². The Hall–Kier alpha value is -2.48. The summed E-state index contributed by atoms with van der Waals surface area (Å²) in [6.07, 6.45) is 5.58. The zero-order valence-electron chi connectivity index (χ0n) is 24.1. The van der Waals surface area contributed by atoms with Crippen LogP contribution in [-0.4, -0.2) is 55.3 Å². The molecule has 1 saturated carbocycles. The Morgan fingerprint density at radius 3 is 2.46 bits per heavy atom. The molecule has 2 aromatic rings. The third-order valence-electron chi connectivity index (χ3n) is 7.56. The molecule has 0 unspecified atom stereocenters. The lowest BCUT2D eigenvalue weighted by atomic mass is 9.88. The molecule has 2 aromatic heterocycles. The zero-order valence-corrected chi connectivity index (χ0v) is 24.1. The number of carbonyl (C=O) groups excluding carboxylic acids is 2. The average Bonchev–Trinajstić information content (AvgIpc) is 3.47. The summed E-state index contributed by atoms with van der Waals surface area (Å²) in [7, 11) is 1.98. The van der Waals surface area contributed by atoms with E-state index < -0.39 is 11.3 Å². The van der Waals surface area contributed by atoms with Gasteiger partial charge in [-0.1, -0.05) is 20.8 Å². The summed E-state index contributed by atoms with van der Waals surface area (Å²) in [5, 5.41) is 0. The van der Waals surface area contributed by atoms with Gasteiger partial charge in [0, 0.05) is 24.6 Å². The van der Waals surface area contributed by atoms with Gasteiger partial charge in [0.25, 0.3) is 0 Å². The van der Waals surface area contributed by atoms with E-state index in [-0.39, 0.29) is 29.3 Å². The van der Waals surface area contributed by atoms with E-state index in [4.69, 9.17) is 9.47 Å². The second-order valence-electron chi connectivity index (χ2n) is 13.3. The second-order valence-corrected chi connectivity index (χ2v) is 13.3. The summed E-state index contributed by atoms with van der Waals surface area (Å²) < 4.78 is 13.9. The molecular weight excluding hydrogens is 468 g/mol. The van der Waals surface area contributed by atoms with Crippen LogP contribution >= 0.6 is 0 Å². The van der Waals surface area contributed by atoms with Crippen molar-refractivity contribution in [3.05, 3.63) is 23.7 Å². The van der Waals surface area contributed by atoms with Gasteiger partial charge in [-0.2, -0.15) is 0 Å². The first-order chi connectivity index (χ1) is 17.1. The van der Waals surface area contributed by atoms with Crippen molar-refractivity contribution in [3.8, 4) is 0 Å². The normalized spacial score (nSPS) is 20.9. The average molecular weight is 513 g/mol. The largest absolute Gasteiger partial charge is 0.444 e. The summed E-state index contributed by atoms with van der Waals surface area (Å²) in [5.41, 5.74) is 1.77. The number of rotatable bonds is 7. The molecule has 0 bridgehead atoms. The number of ether oxygens (including phenoxy) is 2. The topological polar surface area (TPSA) is 86.6 Å². The molecule has 8 nitrogen and oxygen atoms in total. The van der Waals surface area contributed by atoms with E-state index in [1.54, 1.807) is 11.1 Å². The molecule has 1 amide bonds. The number of hydrogen-bond donors (Lipinski definition) is 0. The number of Topliss-reactive ketones (excluding diaryl/α,β-unsaturated/α-hetero) is 1. The summed E-state index contributed by atoms with van der Waals surface area (Å²) >= 11 is 0. The third kappa shape index (κ3) is 6.00. The minimum absolute atomic E-state index is 0.00876. The quantitative estimate of drug-likeness (QED) is 0.422. The molecule has 0 radical (unpaired) electrons. The number of hydrogen-bond acceptors (Lipinski definition) is 6. The van der Waals surface area contributed by atoms with Gasteiger partial charge in [0.15, 0.2) is 11.4 Å². The first-order valence-electron chi connectivity index (χ1n) is 13.6. The summed E-state index contributed by atoms with van der Waals surface area (Å²) in [6, 6.07) is 2.00. The van der Waals surface area contributed by atoms with E-state index in [9.17, 15) is 9.59 Å². The van der Waals surface area contributed by atoms with Crippen LogP contribution in [-0.2, 0) is 21.9 Å². The number of amides is 1. The molecule has 1 aliphatic carbocycles. The van der Waals surface area contributed by atoms with E-state index in [2.05, 4.69) is 36.8 Å². The lowest BCUT2D eigenvalue weighted by molar-refractivity contribution is -0.0650. The first-order valence-corrected chi connectivity index (χ1v) is 13.6. The van der Waals surface area contributed by atoms with Crippen molar-refractivity contribution in [2.24, 2.45) is 18.9 Å². The number of fused-ring (bicyclic) bond motifs is 1. The van der Waals surface area contributed by atoms with E-state index in [0.29, 0.717) is 24.6 Å². The summed E-state index contributed by atoms with van der Waals surface area (Å²) in [6.45, 7) is 16.5. The van der Waals surface area contributed by atoms with Gasteiger partial charge >= 0.3 is 6.09 Å². The fourth-order valence-corrected chi connectivity index (χ4v) is 5.64. The minimum Gasteiger partial charge on any atom is -0.444 e. The highest BCUT2D eigenvalue weighted by molar-refractivity contribution is 5.95. The van der Waals surface area contributed by atoms with Gasteiger partial charge in [0.1, 0.15) is 22.5 Å². The minimum atomic E-state index is -0.720. The van der Waals surface area contributed by atoms with Crippen LogP contribution in [0.25, 0.3) is 11.2 Å². The lowest BCUT2D eigenvalue weighted by Gasteiger charge is -2.38. The fourth-order valence-electron chi connectivity index (χ4n) is 5.64. The monoisotopic (exact) mass is 512 g/mol. The van der Waals surface area contributed by atoms with E-state index in [1.807, 2.05) is 46.2 Å². The van der Waals surface area contributed by atoms with Gasteiger partial charge in [0.05, 0.1) is 18.8 Å². The zero-order chi connectivity index (χ0) is 27.3. The van der Waals surface area contributed by atoms with Crippen molar-refractivity contribution < 1.29 is 19.1 Å². The number of aromatic nitrogens is 3. The highest BCUT2D eigenvalue weighted by atomic mass is 16.6. The van der Waals surface area contributed by atoms with E-state index >= 15 is 0 Å². The molecule has 2 atom stereocenters. The molecule has 37 heavy (non-hydrogen) atoms. The Morgan fingerprint density at radius 2 is 1.86 bits per heavy atom. The number of aryl methyl sites for hydroxylation is 1. The van der Waals surface area contributed by atoms with Gasteiger partial charge in [-0.25, -0.2) is 9.78 Å². The molecule has 0 spiro atoms. The molecule has 0 aromatic carbocycles. The van der Waals surface area contributed by atoms with Crippen LogP contribution in [0.2, 0.25) is 0 Å².